The Morgan fingerprint density at radius 2 is 1.93 bits per heavy atom. The highest BCUT2D eigenvalue weighted by Gasteiger charge is 2.44. The molecule has 134 valence electrons. The number of aromatic nitrogens is 2. The molecule has 1 amide bonds. The van der Waals surface area contributed by atoms with Crippen molar-refractivity contribution in [1.29, 1.82) is 0 Å². The molecule has 0 saturated carbocycles. The quantitative estimate of drug-likeness (QED) is 0.690. The van der Waals surface area contributed by atoms with Gasteiger partial charge in [0.15, 0.2) is 5.76 Å². The minimum atomic E-state index is -0.697. The van der Waals surface area contributed by atoms with Crippen LogP contribution < -0.4 is 0 Å². The molecule has 0 spiro atoms. The number of hydrogen-bond donors (Lipinski definition) is 1. The molecule has 1 N–H and O–H groups in total. The van der Waals surface area contributed by atoms with Gasteiger partial charge in [0, 0.05) is 18.6 Å². The maximum absolute atomic E-state index is 13.0. The number of aliphatic hydroxyl groups excluding tert-OH is 1. The molecule has 1 unspecified atom stereocenters. The van der Waals surface area contributed by atoms with Gasteiger partial charge >= 0.3 is 0 Å². The number of Topliss-reactive ketones (excluding diaryl/α,β-unsaturated/α-hetero) is 1. The van der Waals surface area contributed by atoms with E-state index in [-0.39, 0.29) is 17.9 Å². The van der Waals surface area contributed by atoms with Gasteiger partial charge in [-0.05, 0) is 41.3 Å². The van der Waals surface area contributed by atoms with Crippen molar-refractivity contribution in [2.45, 2.75) is 12.6 Å². The molecule has 6 nitrogen and oxygen atoms in total. The molecule has 3 aromatic rings. The van der Waals surface area contributed by atoms with E-state index in [2.05, 4.69) is 9.97 Å². The number of thiophene rings is 1. The minimum Gasteiger partial charge on any atom is -0.503 e. The number of ketones is 1. The van der Waals surface area contributed by atoms with E-state index >= 15 is 0 Å². The van der Waals surface area contributed by atoms with E-state index in [1.54, 1.807) is 60.4 Å². The Labute approximate surface area is 159 Å². The largest absolute Gasteiger partial charge is 0.503 e. The van der Waals surface area contributed by atoms with Crippen LogP contribution in [0.3, 0.4) is 0 Å². The summed E-state index contributed by atoms with van der Waals surface area (Å²) >= 11 is 1.27. The molecular formula is C20H15N3O3S. The first-order chi connectivity index (χ1) is 13.2. The zero-order chi connectivity index (χ0) is 18.8. The van der Waals surface area contributed by atoms with Crippen LogP contribution in [-0.2, 0) is 11.3 Å². The summed E-state index contributed by atoms with van der Waals surface area (Å²) in [6.45, 7) is 0.179. The Morgan fingerprint density at radius 1 is 1.11 bits per heavy atom. The Morgan fingerprint density at radius 3 is 2.59 bits per heavy atom. The van der Waals surface area contributed by atoms with Gasteiger partial charge in [-0.15, -0.1) is 11.3 Å². The fourth-order valence-electron chi connectivity index (χ4n) is 3.15. The average molecular weight is 377 g/mol. The molecular weight excluding hydrogens is 362 g/mol. The lowest BCUT2D eigenvalue weighted by atomic mass is 9.96. The lowest BCUT2D eigenvalue weighted by Crippen LogP contribution is -2.31. The first-order valence-electron chi connectivity index (χ1n) is 8.29. The molecule has 3 aromatic heterocycles. The van der Waals surface area contributed by atoms with Crippen molar-refractivity contribution in [2.24, 2.45) is 0 Å². The van der Waals surface area contributed by atoms with Crippen LogP contribution in [0.25, 0.3) is 0 Å². The second-order valence-corrected chi connectivity index (χ2v) is 6.95. The molecule has 0 saturated heterocycles. The van der Waals surface area contributed by atoms with Gasteiger partial charge in [0.2, 0.25) is 5.78 Å². The summed E-state index contributed by atoms with van der Waals surface area (Å²) in [5.74, 6) is -1.44. The van der Waals surface area contributed by atoms with Crippen LogP contribution in [0.5, 0.6) is 0 Å². The standard InChI is InChI=1S/C20H15N3O3S/c24-18(15-5-3-11-27-15)16-17(13-6-9-21-10-7-13)23(20(26)19(16)25)12-14-4-1-2-8-22-14/h1-11,17,25H,12H2. The summed E-state index contributed by atoms with van der Waals surface area (Å²) in [5.41, 5.74) is 1.46. The predicted octanol–water partition coefficient (Wildman–Crippen LogP) is 3.32. The number of hydrogen-bond acceptors (Lipinski definition) is 6. The summed E-state index contributed by atoms with van der Waals surface area (Å²) in [7, 11) is 0. The van der Waals surface area contributed by atoms with Gasteiger partial charge in [0.05, 0.1) is 28.7 Å². The van der Waals surface area contributed by atoms with E-state index in [4.69, 9.17) is 0 Å². The van der Waals surface area contributed by atoms with Gasteiger partial charge in [-0.25, -0.2) is 0 Å². The average Bonchev–Trinajstić information content (AvgIpc) is 3.32. The van der Waals surface area contributed by atoms with E-state index in [0.717, 1.165) is 0 Å². The SMILES string of the molecule is O=C(C1=C(O)C(=O)N(Cc2ccccn2)C1c1ccncc1)c1cccs1. The molecule has 1 atom stereocenters. The second kappa shape index (κ2) is 7.13. The highest BCUT2D eigenvalue weighted by atomic mass is 32.1. The number of carbonyl (C=O) groups is 2. The lowest BCUT2D eigenvalue weighted by molar-refractivity contribution is -0.130. The number of carbonyl (C=O) groups excluding carboxylic acids is 2. The van der Waals surface area contributed by atoms with Gasteiger partial charge in [0.1, 0.15) is 0 Å². The number of aliphatic hydroxyl groups is 1. The zero-order valence-electron chi connectivity index (χ0n) is 14.1. The van der Waals surface area contributed by atoms with E-state index in [0.29, 0.717) is 16.1 Å². The normalized spacial score (nSPS) is 16.8. The molecule has 0 bridgehead atoms. The topological polar surface area (TPSA) is 83.4 Å². The van der Waals surface area contributed by atoms with Crippen molar-refractivity contribution in [3.8, 4) is 0 Å². The summed E-state index contributed by atoms with van der Waals surface area (Å²) in [4.78, 5) is 36.0. The Hall–Kier alpha value is -3.32. The van der Waals surface area contributed by atoms with Crippen LogP contribution in [0.2, 0.25) is 0 Å². The number of pyridine rings is 2. The number of amides is 1. The van der Waals surface area contributed by atoms with Crippen LogP contribution >= 0.6 is 11.3 Å². The minimum absolute atomic E-state index is 0.0876. The van der Waals surface area contributed by atoms with E-state index < -0.39 is 17.7 Å². The summed E-state index contributed by atoms with van der Waals surface area (Å²) in [5, 5.41) is 12.3. The fourth-order valence-corrected chi connectivity index (χ4v) is 3.83. The summed E-state index contributed by atoms with van der Waals surface area (Å²) in [6.07, 6.45) is 4.84. The molecule has 1 aliphatic heterocycles. The van der Waals surface area contributed by atoms with Crippen molar-refractivity contribution < 1.29 is 14.7 Å². The number of rotatable bonds is 5. The van der Waals surface area contributed by atoms with Crippen molar-refractivity contribution >= 4 is 23.0 Å². The fraction of sp³-hybridized carbons (Fsp3) is 0.100. The molecule has 4 rings (SSSR count). The smallest absolute Gasteiger partial charge is 0.290 e. The van der Waals surface area contributed by atoms with Crippen molar-refractivity contribution in [3.05, 3.63) is 93.9 Å². The third-order valence-corrected chi connectivity index (χ3v) is 5.24. The molecule has 0 radical (unpaired) electrons. The Bertz CT molecular complexity index is 1000. The summed E-state index contributed by atoms with van der Waals surface area (Å²) < 4.78 is 0. The number of nitrogens with zero attached hydrogens (tertiary/aromatic N) is 3. The highest BCUT2D eigenvalue weighted by molar-refractivity contribution is 7.12. The van der Waals surface area contributed by atoms with Crippen LogP contribution in [0, 0.1) is 0 Å². The Balaban J connectivity index is 1.79. The third-order valence-electron chi connectivity index (χ3n) is 4.37. The van der Waals surface area contributed by atoms with Crippen molar-refractivity contribution in [1.82, 2.24) is 14.9 Å². The molecule has 1 aliphatic rings. The van der Waals surface area contributed by atoms with Gasteiger partial charge in [-0.1, -0.05) is 12.1 Å². The maximum Gasteiger partial charge on any atom is 0.290 e. The van der Waals surface area contributed by atoms with E-state index in [1.165, 1.54) is 16.2 Å². The van der Waals surface area contributed by atoms with Crippen LogP contribution in [-0.4, -0.2) is 31.7 Å². The van der Waals surface area contributed by atoms with Crippen LogP contribution in [0.4, 0.5) is 0 Å². The lowest BCUT2D eigenvalue weighted by Gasteiger charge is -2.26. The first-order valence-corrected chi connectivity index (χ1v) is 9.17. The molecule has 27 heavy (non-hydrogen) atoms. The van der Waals surface area contributed by atoms with E-state index in [9.17, 15) is 14.7 Å². The molecule has 0 aliphatic carbocycles. The van der Waals surface area contributed by atoms with Gasteiger partial charge in [0.25, 0.3) is 5.91 Å². The first kappa shape index (κ1) is 17.1. The Kier molecular flexibility index (Phi) is 4.52. The van der Waals surface area contributed by atoms with Crippen molar-refractivity contribution in [2.75, 3.05) is 0 Å². The highest BCUT2D eigenvalue weighted by Crippen LogP contribution is 2.40. The van der Waals surface area contributed by atoms with Crippen LogP contribution in [0.1, 0.15) is 27.0 Å². The molecule has 4 heterocycles. The predicted molar refractivity (Wildman–Crippen MR) is 100 cm³/mol. The zero-order valence-corrected chi connectivity index (χ0v) is 15.0. The maximum atomic E-state index is 13.0. The van der Waals surface area contributed by atoms with Crippen molar-refractivity contribution in [3.63, 3.8) is 0 Å². The van der Waals surface area contributed by atoms with Gasteiger partial charge in [-0.3, -0.25) is 19.6 Å². The van der Waals surface area contributed by atoms with Gasteiger partial charge in [-0.2, -0.15) is 0 Å². The van der Waals surface area contributed by atoms with E-state index in [1.807, 2.05) is 6.07 Å². The van der Waals surface area contributed by atoms with Crippen LogP contribution in [0.15, 0.2) is 77.8 Å². The summed E-state index contributed by atoms with van der Waals surface area (Å²) in [6, 6.07) is 11.6. The second-order valence-electron chi connectivity index (χ2n) is 6.01. The monoisotopic (exact) mass is 377 g/mol. The molecule has 0 fully saturated rings. The third kappa shape index (κ3) is 3.13. The molecule has 7 heteroatoms. The van der Waals surface area contributed by atoms with Gasteiger partial charge < -0.3 is 10.0 Å². The molecule has 0 aromatic carbocycles.